The molecule has 0 saturated heterocycles. The lowest BCUT2D eigenvalue weighted by Gasteiger charge is -2.06. The highest BCUT2D eigenvalue weighted by atomic mass is 32.1. The maximum atomic E-state index is 12.6. The topological polar surface area (TPSA) is 99.8 Å². The van der Waals surface area contributed by atoms with Crippen molar-refractivity contribution in [3.63, 3.8) is 0 Å². The van der Waals surface area contributed by atoms with Crippen LogP contribution in [0.4, 0.5) is 10.8 Å². The molecule has 0 unspecified atom stereocenters. The second-order valence-corrected chi connectivity index (χ2v) is 8.23. The Morgan fingerprint density at radius 1 is 0.879 bits per heavy atom. The van der Waals surface area contributed by atoms with Crippen LogP contribution >= 0.6 is 11.3 Å². The molecule has 33 heavy (non-hydrogen) atoms. The van der Waals surface area contributed by atoms with Crippen LogP contribution in [0.3, 0.4) is 0 Å². The van der Waals surface area contributed by atoms with Gasteiger partial charge in [0, 0.05) is 22.2 Å². The van der Waals surface area contributed by atoms with E-state index in [0.29, 0.717) is 22.1 Å². The fourth-order valence-electron chi connectivity index (χ4n) is 3.41. The van der Waals surface area contributed by atoms with Crippen molar-refractivity contribution in [2.75, 3.05) is 10.6 Å². The largest absolute Gasteiger partial charge is 0.338 e. The number of rotatable bonds is 6. The number of carbonyl (C=O) groups excluding carboxylic acids is 2. The summed E-state index contributed by atoms with van der Waals surface area (Å²) in [6.07, 6.45) is 0.104. The maximum Gasteiger partial charge on any atom is 0.257 e. The van der Waals surface area contributed by atoms with E-state index in [1.807, 2.05) is 54.6 Å². The summed E-state index contributed by atoms with van der Waals surface area (Å²) < 4.78 is 0. The van der Waals surface area contributed by atoms with Gasteiger partial charge in [-0.15, -0.1) is 11.3 Å². The van der Waals surface area contributed by atoms with E-state index < -0.39 is 0 Å². The summed E-state index contributed by atoms with van der Waals surface area (Å²) in [5.41, 5.74) is 4.54. The lowest BCUT2D eigenvalue weighted by atomic mass is 10.2. The maximum absolute atomic E-state index is 12.6. The van der Waals surface area contributed by atoms with Gasteiger partial charge in [-0.3, -0.25) is 14.9 Å². The molecule has 3 N–H and O–H groups in total. The van der Waals surface area contributed by atoms with Crippen molar-refractivity contribution in [1.29, 1.82) is 0 Å². The highest BCUT2D eigenvalue weighted by Gasteiger charge is 2.12. The van der Waals surface area contributed by atoms with Crippen LogP contribution < -0.4 is 10.6 Å². The highest BCUT2D eigenvalue weighted by molar-refractivity contribution is 7.14. The van der Waals surface area contributed by atoms with Crippen molar-refractivity contribution in [3.8, 4) is 11.4 Å². The van der Waals surface area contributed by atoms with Gasteiger partial charge in [-0.1, -0.05) is 42.5 Å². The predicted octanol–water partition coefficient (Wildman–Crippen LogP) is 5.12. The summed E-state index contributed by atoms with van der Waals surface area (Å²) in [6.45, 7) is 0. The lowest BCUT2D eigenvalue weighted by Crippen LogP contribution is -2.15. The van der Waals surface area contributed by atoms with Gasteiger partial charge in [0.25, 0.3) is 5.91 Å². The van der Waals surface area contributed by atoms with Gasteiger partial charge in [0.15, 0.2) is 5.13 Å². The Morgan fingerprint density at radius 3 is 2.55 bits per heavy atom. The van der Waals surface area contributed by atoms with Crippen LogP contribution in [-0.4, -0.2) is 26.8 Å². The average molecular weight is 454 g/mol. The van der Waals surface area contributed by atoms with Crippen LogP contribution in [0.2, 0.25) is 0 Å². The number of nitrogens with one attached hydrogen (secondary N) is 3. The SMILES string of the molecule is O=C(Cc1csc(NC(=O)c2ccccc2)n1)Nc1cccc(-c2nc3ccccc3[nH]2)c1. The molecule has 2 amide bonds. The molecule has 2 aromatic heterocycles. The zero-order valence-corrected chi connectivity index (χ0v) is 18.2. The van der Waals surface area contributed by atoms with E-state index >= 15 is 0 Å². The molecule has 0 spiro atoms. The number of aromatic nitrogens is 3. The summed E-state index contributed by atoms with van der Waals surface area (Å²) in [5, 5.41) is 7.90. The van der Waals surface area contributed by atoms with Crippen LogP contribution in [0.25, 0.3) is 22.4 Å². The molecule has 0 saturated carbocycles. The molecule has 7 nitrogen and oxygen atoms in total. The molecule has 5 rings (SSSR count). The van der Waals surface area contributed by atoms with Crippen molar-refractivity contribution in [1.82, 2.24) is 15.0 Å². The Hall–Kier alpha value is -4.30. The Kier molecular flexibility index (Phi) is 5.65. The third-order valence-electron chi connectivity index (χ3n) is 4.96. The predicted molar refractivity (Wildman–Crippen MR) is 130 cm³/mol. The molecule has 0 bridgehead atoms. The van der Waals surface area contributed by atoms with Crippen LogP contribution in [-0.2, 0) is 11.2 Å². The van der Waals surface area contributed by atoms with Crippen LogP contribution in [0.1, 0.15) is 16.1 Å². The summed E-state index contributed by atoms with van der Waals surface area (Å²) in [5.74, 6) is 0.317. The minimum absolute atomic E-state index is 0.104. The van der Waals surface area contributed by atoms with Crippen molar-refractivity contribution in [3.05, 3.63) is 95.5 Å². The first kappa shape index (κ1) is 20.6. The molecule has 0 fully saturated rings. The lowest BCUT2D eigenvalue weighted by molar-refractivity contribution is -0.115. The number of imidazole rings is 1. The van der Waals surface area contributed by atoms with Crippen molar-refractivity contribution >= 4 is 45.0 Å². The number of hydrogen-bond acceptors (Lipinski definition) is 5. The fraction of sp³-hybridized carbons (Fsp3) is 0.0400. The summed E-state index contributed by atoms with van der Waals surface area (Å²) >= 11 is 1.29. The zero-order chi connectivity index (χ0) is 22.6. The second kappa shape index (κ2) is 9.05. The van der Waals surface area contributed by atoms with E-state index in [0.717, 1.165) is 22.4 Å². The van der Waals surface area contributed by atoms with Gasteiger partial charge in [-0.25, -0.2) is 9.97 Å². The third-order valence-corrected chi connectivity index (χ3v) is 5.77. The molecular weight excluding hydrogens is 434 g/mol. The van der Waals surface area contributed by atoms with Gasteiger partial charge in [0.05, 0.1) is 23.1 Å². The molecule has 0 aliphatic rings. The van der Waals surface area contributed by atoms with Crippen molar-refractivity contribution in [2.45, 2.75) is 6.42 Å². The standard InChI is InChI=1S/C25H19N5O2S/c31-22(14-19-15-33-25(27-19)30-24(32)16-7-2-1-3-8-16)26-18-10-6-9-17(13-18)23-28-20-11-4-5-12-21(20)29-23/h1-13,15H,14H2,(H,26,31)(H,28,29)(H,27,30,32). The van der Waals surface area contributed by atoms with Crippen molar-refractivity contribution < 1.29 is 9.59 Å². The number of carbonyl (C=O) groups is 2. The van der Waals surface area contributed by atoms with E-state index in [4.69, 9.17) is 0 Å². The second-order valence-electron chi connectivity index (χ2n) is 7.37. The van der Waals surface area contributed by atoms with Gasteiger partial charge < -0.3 is 10.3 Å². The van der Waals surface area contributed by atoms with E-state index in [9.17, 15) is 9.59 Å². The number of thiazole rings is 1. The van der Waals surface area contributed by atoms with Crippen molar-refractivity contribution in [2.24, 2.45) is 0 Å². The van der Waals surface area contributed by atoms with Gasteiger partial charge in [0.2, 0.25) is 5.91 Å². The minimum Gasteiger partial charge on any atom is -0.338 e. The Bertz CT molecular complexity index is 1410. The number of hydrogen-bond donors (Lipinski definition) is 3. The number of para-hydroxylation sites is 2. The average Bonchev–Trinajstić information content (AvgIpc) is 3.46. The smallest absolute Gasteiger partial charge is 0.257 e. The number of nitrogens with zero attached hydrogens (tertiary/aromatic N) is 2. The molecule has 2 heterocycles. The molecule has 5 aromatic rings. The zero-order valence-electron chi connectivity index (χ0n) is 17.4. The van der Waals surface area contributed by atoms with E-state index in [1.54, 1.807) is 29.6 Å². The van der Waals surface area contributed by atoms with Gasteiger partial charge in [0.1, 0.15) is 5.82 Å². The monoisotopic (exact) mass is 453 g/mol. The molecule has 0 aliphatic heterocycles. The summed E-state index contributed by atoms with van der Waals surface area (Å²) in [7, 11) is 0. The van der Waals surface area contributed by atoms with E-state index in [-0.39, 0.29) is 18.2 Å². The van der Waals surface area contributed by atoms with E-state index in [1.165, 1.54) is 11.3 Å². The first-order valence-electron chi connectivity index (χ1n) is 10.3. The first-order chi connectivity index (χ1) is 16.1. The fourth-order valence-corrected chi connectivity index (χ4v) is 4.11. The van der Waals surface area contributed by atoms with E-state index in [2.05, 4.69) is 25.6 Å². The molecule has 162 valence electrons. The van der Waals surface area contributed by atoms with Gasteiger partial charge >= 0.3 is 0 Å². The Labute approximate surface area is 193 Å². The third kappa shape index (κ3) is 4.81. The van der Waals surface area contributed by atoms with Crippen LogP contribution in [0.15, 0.2) is 84.2 Å². The molecule has 0 radical (unpaired) electrons. The summed E-state index contributed by atoms with van der Waals surface area (Å²) in [4.78, 5) is 37.1. The molecule has 3 aromatic carbocycles. The number of anilines is 2. The number of fused-ring (bicyclic) bond motifs is 1. The Morgan fingerprint density at radius 2 is 1.70 bits per heavy atom. The van der Waals surface area contributed by atoms with Crippen LogP contribution in [0, 0.1) is 0 Å². The molecule has 0 aliphatic carbocycles. The first-order valence-corrected chi connectivity index (χ1v) is 11.2. The number of amides is 2. The molecular formula is C25H19N5O2S. The molecule has 8 heteroatoms. The number of aromatic amines is 1. The minimum atomic E-state index is -0.233. The Balaban J connectivity index is 1.23. The summed E-state index contributed by atoms with van der Waals surface area (Å²) in [6, 6.07) is 24.3. The molecule has 0 atom stereocenters. The number of benzene rings is 3. The quantitative estimate of drug-likeness (QED) is 0.332. The highest BCUT2D eigenvalue weighted by Crippen LogP contribution is 2.23. The number of H-pyrrole nitrogens is 1. The normalized spacial score (nSPS) is 10.8. The van der Waals surface area contributed by atoms with Gasteiger partial charge in [-0.2, -0.15) is 0 Å². The van der Waals surface area contributed by atoms with Gasteiger partial charge in [-0.05, 0) is 36.4 Å². The van der Waals surface area contributed by atoms with Crippen LogP contribution in [0.5, 0.6) is 0 Å².